The predicted octanol–water partition coefficient (Wildman–Crippen LogP) is 5.72. The fourth-order valence-corrected chi connectivity index (χ4v) is 8.84. The molecule has 3 aromatic rings. The second-order valence-corrected chi connectivity index (χ2v) is 13.2. The normalized spacial score (nSPS) is 14.1. The summed E-state index contributed by atoms with van der Waals surface area (Å²) in [4.78, 5) is 0. The Morgan fingerprint density at radius 3 is 1.68 bits per heavy atom. The van der Waals surface area contributed by atoms with Gasteiger partial charge in [0.15, 0.2) is 0 Å². The summed E-state index contributed by atoms with van der Waals surface area (Å²) in [5.41, 5.74) is 1.16. The van der Waals surface area contributed by atoms with Crippen molar-refractivity contribution in [1.29, 1.82) is 0 Å². The van der Waals surface area contributed by atoms with Crippen molar-refractivity contribution in [2.45, 2.75) is 51.5 Å². The first-order valence-electron chi connectivity index (χ1n) is 11.0. The highest BCUT2D eigenvalue weighted by Gasteiger charge is 2.51. The third kappa shape index (κ3) is 5.24. The van der Waals surface area contributed by atoms with E-state index in [1.54, 1.807) is 0 Å². The zero-order valence-corrected chi connectivity index (χ0v) is 20.1. The van der Waals surface area contributed by atoms with E-state index in [1.165, 1.54) is 10.4 Å². The third-order valence-electron chi connectivity index (χ3n) is 5.78. The second kappa shape index (κ2) is 10.2. The van der Waals surface area contributed by atoms with Crippen LogP contribution in [0.3, 0.4) is 0 Å². The lowest BCUT2D eigenvalue weighted by molar-refractivity contribution is -0.00899. The summed E-state index contributed by atoms with van der Waals surface area (Å²) >= 11 is 0. The summed E-state index contributed by atoms with van der Waals surface area (Å²) in [6, 6.07) is 31.6. The van der Waals surface area contributed by atoms with Crippen molar-refractivity contribution >= 4 is 18.7 Å². The molecule has 3 aromatic carbocycles. The van der Waals surface area contributed by atoms with Crippen molar-refractivity contribution < 1.29 is 9.16 Å². The van der Waals surface area contributed by atoms with Crippen molar-refractivity contribution in [3.05, 3.63) is 109 Å². The van der Waals surface area contributed by atoms with E-state index in [9.17, 15) is 0 Å². The molecule has 0 saturated heterocycles. The lowest BCUT2D eigenvalue weighted by atomic mass is 10.2. The number of ether oxygens (including phenoxy) is 1. The van der Waals surface area contributed by atoms with Crippen LogP contribution in [0, 0.1) is 0 Å². The van der Waals surface area contributed by atoms with Crippen molar-refractivity contribution in [3.8, 4) is 0 Å². The first-order valence-corrected chi connectivity index (χ1v) is 12.9. The topological polar surface area (TPSA) is 18.5 Å². The van der Waals surface area contributed by atoms with E-state index in [0.29, 0.717) is 6.61 Å². The molecule has 0 aromatic heterocycles. The first kappa shape index (κ1) is 23.2. The molecule has 0 aliphatic carbocycles. The minimum Gasteiger partial charge on any atom is -0.398 e. The lowest BCUT2D eigenvalue weighted by Gasteiger charge is -2.45. The van der Waals surface area contributed by atoms with Gasteiger partial charge in [-0.3, -0.25) is 0 Å². The molecule has 2 nitrogen and oxygen atoms in total. The van der Waals surface area contributed by atoms with Gasteiger partial charge in [0.05, 0.1) is 18.8 Å². The Hall–Kier alpha value is -2.46. The smallest absolute Gasteiger partial charge is 0.262 e. The molecule has 0 N–H and O–H groups in total. The molecular formula is C28H34O2Si. The Kier molecular flexibility index (Phi) is 7.66. The minimum atomic E-state index is -2.66. The van der Waals surface area contributed by atoms with Gasteiger partial charge in [0, 0.05) is 0 Å². The van der Waals surface area contributed by atoms with Gasteiger partial charge in [0.25, 0.3) is 8.32 Å². The maximum atomic E-state index is 7.17. The molecule has 0 bridgehead atoms. The van der Waals surface area contributed by atoms with Gasteiger partial charge < -0.3 is 9.16 Å². The lowest BCUT2D eigenvalue weighted by Crippen LogP contribution is -2.68. The monoisotopic (exact) mass is 430 g/mol. The first-order chi connectivity index (χ1) is 14.9. The highest BCUT2D eigenvalue weighted by Crippen LogP contribution is 2.38. The summed E-state index contributed by atoms with van der Waals surface area (Å²) in [5, 5.41) is 2.43. The molecule has 3 rings (SSSR count). The zero-order valence-electron chi connectivity index (χ0n) is 19.1. The molecule has 0 radical (unpaired) electrons. The van der Waals surface area contributed by atoms with Crippen LogP contribution in [0.25, 0.3) is 0 Å². The fraction of sp³-hybridized carbons (Fsp3) is 0.286. The average molecular weight is 431 g/mol. The highest BCUT2D eigenvalue weighted by molar-refractivity contribution is 6.99. The molecule has 0 spiro atoms. The van der Waals surface area contributed by atoms with E-state index in [0.717, 1.165) is 5.56 Å². The molecule has 0 saturated carbocycles. The molecule has 0 aliphatic heterocycles. The molecule has 1 unspecified atom stereocenters. The van der Waals surface area contributed by atoms with Crippen molar-refractivity contribution in [2.24, 2.45) is 0 Å². The van der Waals surface area contributed by atoms with E-state index >= 15 is 0 Å². The Balaban J connectivity index is 1.97. The van der Waals surface area contributed by atoms with Crippen LogP contribution in [0.2, 0.25) is 5.04 Å². The molecule has 162 valence electrons. The number of hydrogen-bond acceptors (Lipinski definition) is 2. The van der Waals surface area contributed by atoms with Crippen LogP contribution < -0.4 is 10.4 Å². The van der Waals surface area contributed by atoms with E-state index < -0.39 is 8.32 Å². The summed E-state index contributed by atoms with van der Waals surface area (Å²) in [6.07, 6.45) is 1.55. The van der Waals surface area contributed by atoms with Crippen LogP contribution in [0.5, 0.6) is 0 Å². The molecule has 0 amide bonds. The maximum absolute atomic E-state index is 7.17. The Morgan fingerprint density at radius 1 is 0.806 bits per heavy atom. The molecule has 2 atom stereocenters. The van der Waals surface area contributed by atoms with Crippen LogP contribution in [-0.2, 0) is 15.8 Å². The van der Waals surface area contributed by atoms with Gasteiger partial charge in [-0.1, -0.05) is 118 Å². The molecular weight excluding hydrogens is 396 g/mol. The van der Waals surface area contributed by atoms with Crippen LogP contribution in [-0.4, -0.2) is 20.5 Å². The Labute approximate surface area is 188 Å². The SMILES string of the molecule is C=C[C@@H](O[Si](c1ccccc1)(c1ccccc1)C(C)(C)C)C(C)OCc1ccccc1. The third-order valence-corrected chi connectivity index (χ3v) is 10.8. The number of rotatable bonds is 9. The maximum Gasteiger partial charge on any atom is 0.262 e. The van der Waals surface area contributed by atoms with Gasteiger partial charge in [-0.2, -0.15) is 0 Å². The summed E-state index contributed by atoms with van der Waals surface area (Å²) < 4.78 is 13.4. The largest absolute Gasteiger partial charge is 0.398 e. The zero-order chi connectivity index (χ0) is 22.3. The van der Waals surface area contributed by atoms with Gasteiger partial charge in [0.1, 0.15) is 0 Å². The van der Waals surface area contributed by atoms with E-state index in [1.807, 2.05) is 24.3 Å². The van der Waals surface area contributed by atoms with Crippen molar-refractivity contribution in [3.63, 3.8) is 0 Å². The molecule has 0 fully saturated rings. The summed E-state index contributed by atoms with van der Waals surface area (Å²) in [5.74, 6) is 0. The van der Waals surface area contributed by atoms with Crippen LogP contribution in [0.15, 0.2) is 104 Å². The van der Waals surface area contributed by atoms with Crippen LogP contribution in [0.4, 0.5) is 0 Å². The minimum absolute atomic E-state index is 0.0872. The molecule has 0 heterocycles. The van der Waals surface area contributed by atoms with Crippen LogP contribution in [0.1, 0.15) is 33.3 Å². The standard InChI is InChI=1S/C28H34O2Si/c1-6-27(23(2)29-22-24-16-10-7-11-17-24)30-31(28(3,4)5,25-18-12-8-13-19-25)26-20-14-9-15-21-26/h6-21,23,27H,1,22H2,2-5H3/t23?,27-/m1/s1. The second-order valence-electron chi connectivity index (χ2n) is 8.98. The van der Waals surface area contributed by atoms with Crippen molar-refractivity contribution in [1.82, 2.24) is 0 Å². The predicted molar refractivity (Wildman–Crippen MR) is 133 cm³/mol. The summed E-state index contributed by atoms with van der Waals surface area (Å²) in [6.45, 7) is 13.6. The Bertz CT molecular complexity index is 894. The molecule has 3 heteroatoms. The number of hydrogen-bond donors (Lipinski definition) is 0. The number of benzene rings is 3. The fourth-order valence-electron chi connectivity index (χ4n) is 4.13. The quantitative estimate of drug-likeness (QED) is 0.319. The van der Waals surface area contributed by atoms with Gasteiger partial charge >= 0.3 is 0 Å². The van der Waals surface area contributed by atoms with Gasteiger partial charge in [-0.25, -0.2) is 0 Å². The summed E-state index contributed by atoms with van der Waals surface area (Å²) in [7, 11) is -2.66. The average Bonchev–Trinajstić information content (AvgIpc) is 2.79. The Morgan fingerprint density at radius 2 is 1.26 bits per heavy atom. The van der Waals surface area contributed by atoms with Gasteiger partial charge in [-0.05, 0) is 27.9 Å². The van der Waals surface area contributed by atoms with E-state index in [-0.39, 0.29) is 17.2 Å². The van der Waals surface area contributed by atoms with Gasteiger partial charge in [0.2, 0.25) is 0 Å². The molecule has 0 aliphatic rings. The molecule has 31 heavy (non-hydrogen) atoms. The van der Waals surface area contributed by atoms with Gasteiger partial charge in [-0.15, -0.1) is 6.58 Å². The highest BCUT2D eigenvalue weighted by atomic mass is 28.4. The van der Waals surface area contributed by atoms with Crippen molar-refractivity contribution in [2.75, 3.05) is 0 Å². The van der Waals surface area contributed by atoms with E-state index in [2.05, 4.69) is 107 Å². The van der Waals surface area contributed by atoms with Crippen LogP contribution >= 0.6 is 0 Å². The van der Waals surface area contributed by atoms with E-state index in [4.69, 9.17) is 9.16 Å².